The predicted molar refractivity (Wildman–Crippen MR) is 75.6 cm³/mol. The highest BCUT2D eigenvalue weighted by atomic mass is 79.9. The average Bonchev–Trinajstić information content (AvgIpc) is 2.65. The van der Waals surface area contributed by atoms with E-state index in [1.165, 1.54) is 5.56 Å². The number of benzene rings is 1. The largest absolute Gasteiger partial charge is 0.300 e. The van der Waals surface area contributed by atoms with Gasteiger partial charge in [-0.25, -0.2) is 0 Å². The van der Waals surface area contributed by atoms with Crippen molar-refractivity contribution in [3.63, 3.8) is 0 Å². The van der Waals surface area contributed by atoms with Crippen LogP contribution in [0.3, 0.4) is 0 Å². The minimum Gasteiger partial charge on any atom is -0.300 e. The summed E-state index contributed by atoms with van der Waals surface area (Å²) >= 11 is 8.74. The molecule has 0 unspecified atom stereocenters. The van der Waals surface area contributed by atoms with Crippen molar-refractivity contribution in [2.75, 3.05) is 0 Å². The molecule has 3 nitrogen and oxygen atoms in total. The minimum atomic E-state index is 0.682. The van der Waals surface area contributed by atoms with Crippen molar-refractivity contribution >= 4 is 28.1 Å². The van der Waals surface area contributed by atoms with E-state index in [9.17, 15) is 0 Å². The van der Waals surface area contributed by atoms with Crippen molar-refractivity contribution in [3.8, 4) is 11.4 Å². The van der Waals surface area contributed by atoms with Crippen LogP contribution in [0.4, 0.5) is 0 Å². The average molecular weight is 312 g/mol. The molecule has 0 atom stereocenters. The summed E-state index contributed by atoms with van der Waals surface area (Å²) in [6.45, 7) is 5.10. The SMILES string of the molecule is CCCn1c(-c2cc(Br)ccc2C)n[nH]c1=S. The molecule has 1 heterocycles. The number of hydrogen-bond acceptors (Lipinski definition) is 2. The third-order valence-electron chi connectivity index (χ3n) is 2.65. The van der Waals surface area contributed by atoms with E-state index in [1.54, 1.807) is 0 Å². The number of nitrogens with zero attached hydrogens (tertiary/aromatic N) is 2. The molecule has 1 aromatic carbocycles. The predicted octanol–water partition coefficient (Wildman–Crippen LogP) is 4.09. The van der Waals surface area contributed by atoms with Crippen LogP contribution in [0, 0.1) is 11.7 Å². The molecular weight excluding hydrogens is 298 g/mol. The molecule has 90 valence electrons. The quantitative estimate of drug-likeness (QED) is 0.866. The van der Waals surface area contributed by atoms with Gasteiger partial charge in [-0.1, -0.05) is 28.9 Å². The molecule has 0 spiro atoms. The van der Waals surface area contributed by atoms with E-state index in [1.807, 2.05) is 10.6 Å². The number of nitrogens with one attached hydrogen (secondary N) is 1. The van der Waals surface area contributed by atoms with Crippen LogP contribution in [0.15, 0.2) is 22.7 Å². The Morgan fingerprint density at radius 1 is 1.47 bits per heavy atom. The van der Waals surface area contributed by atoms with Crippen molar-refractivity contribution in [1.29, 1.82) is 0 Å². The maximum Gasteiger partial charge on any atom is 0.195 e. The van der Waals surface area contributed by atoms with Crippen molar-refractivity contribution in [2.45, 2.75) is 26.8 Å². The van der Waals surface area contributed by atoms with E-state index in [4.69, 9.17) is 12.2 Å². The molecule has 0 fully saturated rings. The fourth-order valence-corrected chi connectivity index (χ4v) is 2.37. The van der Waals surface area contributed by atoms with E-state index in [0.29, 0.717) is 4.77 Å². The van der Waals surface area contributed by atoms with Gasteiger partial charge in [0, 0.05) is 16.6 Å². The first-order valence-corrected chi connectivity index (χ1v) is 6.75. The maximum absolute atomic E-state index is 5.25. The topological polar surface area (TPSA) is 33.6 Å². The fourth-order valence-electron chi connectivity index (χ4n) is 1.79. The summed E-state index contributed by atoms with van der Waals surface area (Å²) in [5.74, 6) is 0.913. The first kappa shape index (κ1) is 12.5. The van der Waals surface area contributed by atoms with Crippen LogP contribution >= 0.6 is 28.1 Å². The number of aromatic nitrogens is 3. The van der Waals surface area contributed by atoms with Gasteiger partial charge in [0.05, 0.1) is 0 Å². The second kappa shape index (κ2) is 5.14. The first-order valence-electron chi connectivity index (χ1n) is 5.55. The van der Waals surface area contributed by atoms with Crippen molar-refractivity contribution < 1.29 is 0 Å². The molecule has 0 aliphatic rings. The molecule has 2 rings (SSSR count). The molecule has 1 N–H and O–H groups in total. The van der Waals surface area contributed by atoms with Gasteiger partial charge in [0.2, 0.25) is 0 Å². The number of aromatic amines is 1. The Balaban J connectivity index is 2.60. The molecule has 5 heteroatoms. The Bertz CT molecular complexity index is 586. The van der Waals surface area contributed by atoms with Crippen LogP contribution in [0.25, 0.3) is 11.4 Å². The lowest BCUT2D eigenvalue weighted by molar-refractivity contribution is 0.674. The minimum absolute atomic E-state index is 0.682. The molecule has 0 aliphatic heterocycles. The highest BCUT2D eigenvalue weighted by molar-refractivity contribution is 9.10. The zero-order valence-corrected chi connectivity index (χ0v) is 12.2. The van der Waals surface area contributed by atoms with Crippen LogP contribution in [0.5, 0.6) is 0 Å². The molecule has 1 aromatic heterocycles. The number of halogens is 1. The number of aryl methyl sites for hydroxylation is 1. The second-order valence-corrected chi connectivity index (χ2v) is 5.27. The van der Waals surface area contributed by atoms with Crippen molar-refractivity contribution in [2.24, 2.45) is 0 Å². The molecule has 0 saturated carbocycles. The van der Waals surface area contributed by atoms with Gasteiger partial charge in [-0.05, 0) is 43.3 Å². The molecule has 0 aliphatic carbocycles. The Kier molecular flexibility index (Phi) is 3.79. The molecule has 17 heavy (non-hydrogen) atoms. The highest BCUT2D eigenvalue weighted by Crippen LogP contribution is 2.25. The van der Waals surface area contributed by atoms with Crippen molar-refractivity contribution in [3.05, 3.63) is 33.0 Å². The molecule has 0 saturated heterocycles. The number of H-pyrrole nitrogens is 1. The summed E-state index contributed by atoms with van der Waals surface area (Å²) in [7, 11) is 0. The van der Waals surface area contributed by atoms with Crippen LogP contribution < -0.4 is 0 Å². The van der Waals surface area contributed by atoms with Crippen LogP contribution in [0.2, 0.25) is 0 Å². The van der Waals surface area contributed by atoms with Gasteiger partial charge in [0.25, 0.3) is 0 Å². The fraction of sp³-hybridized carbons (Fsp3) is 0.333. The van der Waals surface area contributed by atoms with Crippen LogP contribution in [0.1, 0.15) is 18.9 Å². The molecule has 0 amide bonds. The second-order valence-electron chi connectivity index (χ2n) is 3.96. The van der Waals surface area contributed by atoms with Gasteiger partial charge in [-0.15, -0.1) is 0 Å². The van der Waals surface area contributed by atoms with Crippen molar-refractivity contribution in [1.82, 2.24) is 14.8 Å². The van der Waals surface area contributed by atoms with Gasteiger partial charge >= 0.3 is 0 Å². The zero-order valence-electron chi connectivity index (χ0n) is 9.83. The molecule has 0 radical (unpaired) electrons. The van der Waals surface area contributed by atoms with E-state index in [0.717, 1.165) is 28.8 Å². The van der Waals surface area contributed by atoms with Crippen LogP contribution in [-0.4, -0.2) is 14.8 Å². The molecule has 2 aromatic rings. The van der Waals surface area contributed by atoms with Gasteiger partial charge < -0.3 is 4.57 Å². The smallest absolute Gasteiger partial charge is 0.195 e. The summed E-state index contributed by atoms with van der Waals surface area (Å²) in [5.41, 5.74) is 2.31. The van der Waals surface area contributed by atoms with E-state index < -0.39 is 0 Å². The van der Waals surface area contributed by atoms with E-state index in [-0.39, 0.29) is 0 Å². The number of rotatable bonds is 3. The normalized spacial score (nSPS) is 10.8. The summed E-state index contributed by atoms with van der Waals surface area (Å²) in [5, 5.41) is 7.20. The Labute approximate surface area is 114 Å². The Hall–Kier alpha value is -0.940. The Morgan fingerprint density at radius 3 is 2.94 bits per heavy atom. The van der Waals surface area contributed by atoms with E-state index in [2.05, 4.69) is 52.1 Å². The molecular formula is C12H14BrN3S. The summed E-state index contributed by atoms with van der Waals surface area (Å²) in [6.07, 6.45) is 1.04. The summed E-state index contributed by atoms with van der Waals surface area (Å²) < 4.78 is 3.78. The van der Waals surface area contributed by atoms with Gasteiger partial charge in [0.1, 0.15) is 0 Å². The monoisotopic (exact) mass is 311 g/mol. The summed E-state index contributed by atoms with van der Waals surface area (Å²) in [4.78, 5) is 0. The lowest BCUT2D eigenvalue weighted by Crippen LogP contribution is -2.00. The van der Waals surface area contributed by atoms with Gasteiger partial charge in [-0.3, -0.25) is 5.10 Å². The highest BCUT2D eigenvalue weighted by Gasteiger charge is 2.10. The number of hydrogen-bond donors (Lipinski definition) is 1. The van der Waals surface area contributed by atoms with E-state index >= 15 is 0 Å². The molecule has 0 bridgehead atoms. The van der Waals surface area contributed by atoms with Gasteiger partial charge in [-0.2, -0.15) is 5.10 Å². The standard InChI is InChI=1S/C12H14BrN3S/c1-3-6-16-11(14-15-12(16)17)10-7-9(13)5-4-8(10)2/h4-5,7H,3,6H2,1-2H3,(H,15,17). The maximum atomic E-state index is 5.25. The lowest BCUT2D eigenvalue weighted by atomic mass is 10.1. The van der Waals surface area contributed by atoms with Crippen LogP contribution in [-0.2, 0) is 6.54 Å². The first-order chi connectivity index (χ1) is 8.13. The zero-order chi connectivity index (χ0) is 12.4. The third-order valence-corrected chi connectivity index (χ3v) is 3.45. The summed E-state index contributed by atoms with van der Waals surface area (Å²) in [6, 6.07) is 6.18. The third kappa shape index (κ3) is 2.50. The lowest BCUT2D eigenvalue weighted by Gasteiger charge is -2.08. The van der Waals surface area contributed by atoms with Gasteiger partial charge in [0.15, 0.2) is 10.6 Å². The Morgan fingerprint density at radius 2 is 2.24 bits per heavy atom.